The molecule has 2 aromatic rings. The first-order valence-electron chi connectivity index (χ1n) is 6.36. The molecule has 0 radical (unpaired) electrons. The van der Waals surface area contributed by atoms with Gasteiger partial charge in [-0.3, -0.25) is 4.79 Å². The zero-order valence-corrected chi connectivity index (χ0v) is 12.5. The normalized spacial score (nSPS) is 9.20. The molecule has 4 heteroatoms. The van der Waals surface area contributed by atoms with Gasteiger partial charge in [-0.2, -0.15) is 0 Å². The number of para-hydroxylation sites is 1. The second kappa shape index (κ2) is 8.23. The quantitative estimate of drug-likeness (QED) is 0.584. The van der Waals surface area contributed by atoms with Crippen molar-refractivity contribution in [3.8, 4) is 17.2 Å². The second-order valence-electron chi connectivity index (χ2n) is 3.60. The van der Waals surface area contributed by atoms with E-state index in [4.69, 9.17) is 21.1 Å². The van der Waals surface area contributed by atoms with E-state index in [0.717, 1.165) is 0 Å². The Morgan fingerprint density at radius 1 is 1.00 bits per heavy atom. The van der Waals surface area contributed by atoms with Gasteiger partial charge in [0.15, 0.2) is 11.5 Å². The average Bonchev–Trinajstić information content (AvgIpc) is 2.45. The summed E-state index contributed by atoms with van der Waals surface area (Å²) in [6.45, 7) is 5.33. The summed E-state index contributed by atoms with van der Waals surface area (Å²) in [4.78, 5) is 11.0. The topological polar surface area (TPSA) is 35.5 Å². The molecule has 0 saturated heterocycles. The van der Waals surface area contributed by atoms with Gasteiger partial charge in [0.1, 0.15) is 5.75 Å². The van der Waals surface area contributed by atoms with E-state index in [1.54, 1.807) is 18.2 Å². The zero-order valence-electron chi connectivity index (χ0n) is 11.7. The molecule has 0 atom stereocenters. The van der Waals surface area contributed by atoms with Crippen LogP contribution < -0.4 is 9.47 Å². The van der Waals surface area contributed by atoms with Crippen molar-refractivity contribution < 1.29 is 14.3 Å². The van der Waals surface area contributed by atoms with E-state index in [-0.39, 0.29) is 0 Å². The van der Waals surface area contributed by atoms with Gasteiger partial charge in [-0.05, 0) is 24.3 Å². The number of carbonyl (C=O) groups excluding carboxylic acids is 1. The molecular formula is C16H17ClO3. The van der Waals surface area contributed by atoms with Crippen LogP contribution in [0.3, 0.4) is 0 Å². The van der Waals surface area contributed by atoms with Gasteiger partial charge in [-0.15, -0.1) is 0 Å². The van der Waals surface area contributed by atoms with Crippen molar-refractivity contribution >= 4 is 17.6 Å². The molecule has 2 rings (SSSR count). The van der Waals surface area contributed by atoms with Crippen LogP contribution in [0.4, 0.5) is 0 Å². The van der Waals surface area contributed by atoms with E-state index in [2.05, 4.69) is 0 Å². The number of rotatable bonds is 3. The monoisotopic (exact) mass is 292 g/mol. The highest BCUT2D eigenvalue weighted by molar-refractivity contribution is 6.30. The predicted molar refractivity (Wildman–Crippen MR) is 80.6 cm³/mol. The van der Waals surface area contributed by atoms with Gasteiger partial charge < -0.3 is 9.47 Å². The molecule has 0 aliphatic carbocycles. The molecule has 3 nitrogen and oxygen atoms in total. The van der Waals surface area contributed by atoms with Gasteiger partial charge in [0.05, 0.1) is 0 Å². The van der Waals surface area contributed by atoms with E-state index in [9.17, 15) is 4.79 Å². The highest BCUT2D eigenvalue weighted by atomic mass is 35.5. The van der Waals surface area contributed by atoms with Crippen molar-refractivity contribution in [2.24, 2.45) is 0 Å². The molecule has 0 heterocycles. The summed E-state index contributed by atoms with van der Waals surface area (Å²) in [6, 6.07) is 14.1. The largest absolute Gasteiger partial charge is 0.453 e. The highest BCUT2D eigenvalue weighted by Crippen LogP contribution is 2.33. The van der Waals surface area contributed by atoms with E-state index < -0.39 is 5.97 Å². The molecule has 0 unspecified atom stereocenters. The smallest absolute Gasteiger partial charge is 0.308 e. The predicted octanol–water partition coefficient (Wildman–Crippen LogP) is 5.08. The Hall–Kier alpha value is -2.00. The third kappa shape index (κ3) is 4.94. The Labute approximate surface area is 124 Å². The molecule has 0 amide bonds. The lowest BCUT2D eigenvalue weighted by atomic mass is 10.3. The Kier molecular flexibility index (Phi) is 6.60. The number of carbonyl (C=O) groups is 1. The van der Waals surface area contributed by atoms with Crippen LogP contribution in [0.1, 0.15) is 20.8 Å². The Balaban J connectivity index is 0.000000956. The van der Waals surface area contributed by atoms with Crippen molar-refractivity contribution in [3.63, 3.8) is 0 Å². The first-order valence-corrected chi connectivity index (χ1v) is 6.74. The number of esters is 1. The molecule has 0 aliphatic heterocycles. The third-order valence-electron chi connectivity index (χ3n) is 2.13. The van der Waals surface area contributed by atoms with Crippen LogP contribution in [0.5, 0.6) is 17.2 Å². The van der Waals surface area contributed by atoms with Crippen molar-refractivity contribution in [3.05, 3.63) is 53.6 Å². The van der Waals surface area contributed by atoms with Crippen LogP contribution in [0.2, 0.25) is 5.02 Å². The maximum atomic E-state index is 11.0. The summed E-state index contributed by atoms with van der Waals surface area (Å²) in [5, 5.41) is 0.478. The van der Waals surface area contributed by atoms with Crippen LogP contribution in [-0.2, 0) is 4.79 Å². The van der Waals surface area contributed by atoms with Gasteiger partial charge in [0, 0.05) is 18.0 Å². The molecule has 106 valence electrons. The van der Waals surface area contributed by atoms with Crippen LogP contribution in [0, 0.1) is 0 Å². The number of hydrogen-bond donors (Lipinski definition) is 0. The Morgan fingerprint density at radius 3 is 2.25 bits per heavy atom. The summed E-state index contributed by atoms with van der Waals surface area (Å²) < 4.78 is 10.7. The summed E-state index contributed by atoms with van der Waals surface area (Å²) in [5.41, 5.74) is 0. The molecule has 0 fully saturated rings. The van der Waals surface area contributed by atoms with Gasteiger partial charge in [-0.1, -0.05) is 43.6 Å². The number of halogens is 1. The third-order valence-corrected chi connectivity index (χ3v) is 2.37. The van der Waals surface area contributed by atoms with Crippen molar-refractivity contribution in [1.29, 1.82) is 0 Å². The van der Waals surface area contributed by atoms with Gasteiger partial charge >= 0.3 is 5.97 Å². The Morgan fingerprint density at radius 2 is 1.65 bits per heavy atom. The minimum absolute atomic E-state index is 0.304. The van der Waals surface area contributed by atoms with Gasteiger partial charge in [-0.25, -0.2) is 0 Å². The van der Waals surface area contributed by atoms with Crippen molar-refractivity contribution in [2.45, 2.75) is 20.8 Å². The molecule has 0 bridgehead atoms. The fourth-order valence-electron chi connectivity index (χ4n) is 1.42. The molecule has 0 saturated carbocycles. The van der Waals surface area contributed by atoms with Gasteiger partial charge in [0.2, 0.25) is 0 Å². The minimum Gasteiger partial charge on any atom is -0.453 e. The first kappa shape index (κ1) is 16.1. The summed E-state index contributed by atoms with van der Waals surface area (Å²) in [6.07, 6.45) is 0. The molecular weight excluding hydrogens is 276 g/mol. The first-order chi connectivity index (χ1) is 9.65. The lowest BCUT2D eigenvalue weighted by Crippen LogP contribution is -2.02. The lowest BCUT2D eigenvalue weighted by Gasteiger charge is -2.10. The van der Waals surface area contributed by atoms with Crippen LogP contribution in [-0.4, -0.2) is 5.97 Å². The standard InChI is InChI=1S/C14H11ClO3.C2H6/c1-10(16)17-14-9-11(15)7-8-13(14)18-12-5-3-2-4-6-12;1-2/h2-9H,1H3;1-2H3. The maximum absolute atomic E-state index is 11.0. The SMILES string of the molecule is CC.CC(=O)Oc1cc(Cl)ccc1Oc1ccccc1. The number of benzene rings is 2. The Bertz CT molecular complexity index is 553. The molecule has 0 aromatic heterocycles. The van der Waals surface area contributed by atoms with E-state index in [1.165, 1.54) is 6.92 Å². The number of ether oxygens (including phenoxy) is 2. The molecule has 0 N–H and O–H groups in total. The maximum Gasteiger partial charge on any atom is 0.308 e. The molecule has 0 aliphatic rings. The summed E-state index contributed by atoms with van der Waals surface area (Å²) >= 11 is 5.86. The minimum atomic E-state index is -0.421. The van der Waals surface area contributed by atoms with Crippen molar-refractivity contribution in [2.75, 3.05) is 0 Å². The molecule has 0 spiro atoms. The fraction of sp³-hybridized carbons (Fsp3) is 0.188. The van der Waals surface area contributed by atoms with Crippen LogP contribution in [0.15, 0.2) is 48.5 Å². The fourth-order valence-corrected chi connectivity index (χ4v) is 1.58. The van der Waals surface area contributed by atoms with E-state index >= 15 is 0 Å². The van der Waals surface area contributed by atoms with Gasteiger partial charge in [0.25, 0.3) is 0 Å². The number of hydrogen-bond acceptors (Lipinski definition) is 3. The summed E-state index contributed by atoms with van der Waals surface area (Å²) in [7, 11) is 0. The van der Waals surface area contributed by atoms with Crippen LogP contribution in [0.25, 0.3) is 0 Å². The second-order valence-corrected chi connectivity index (χ2v) is 4.04. The van der Waals surface area contributed by atoms with Crippen molar-refractivity contribution in [1.82, 2.24) is 0 Å². The van der Waals surface area contributed by atoms with E-state index in [0.29, 0.717) is 22.3 Å². The van der Waals surface area contributed by atoms with Crippen LogP contribution >= 0.6 is 11.6 Å². The lowest BCUT2D eigenvalue weighted by molar-refractivity contribution is -0.131. The molecule has 20 heavy (non-hydrogen) atoms. The molecule has 2 aromatic carbocycles. The highest BCUT2D eigenvalue weighted by Gasteiger charge is 2.09. The van der Waals surface area contributed by atoms with E-state index in [1.807, 2.05) is 44.2 Å². The average molecular weight is 293 g/mol. The summed E-state index contributed by atoms with van der Waals surface area (Å²) in [5.74, 6) is 0.989. The zero-order chi connectivity index (χ0) is 15.0.